The number of hydrogen-bond donors (Lipinski definition) is 3. The zero-order chi connectivity index (χ0) is 14.5. The summed E-state index contributed by atoms with van der Waals surface area (Å²) in [4.78, 5) is 12.1. The monoisotopic (exact) mass is 278 g/mol. The highest BCUT2D eigenvalue weighted by Gasteiger charge is 2.28. The SMILES string of the molecule is COc1ccc2c(c1)C(C)NC(C(=O)NCCCO)C2. The summed E-state index contributed by atoms with van der Waals surface area (Å²) in [7, 11) is 1.65. The third-order valence-electron chi connectivity index (χ3n) is 3.65. The average Bonchev–Trinajstić information content (AvgIpc) is 2.47. The van der Waals surface area contributed by atoms with E-state index in [-0.39, 0.29) is 24.6 Å². The van der Waals surface area contributed by atoms with Crippen molar-refractivity contribution >= 4 is 5.91 Å². The molecular formula is C15H22N2O3. The number of aliphatic hydroxyl groups is 1. The molecule has 5 nitrogen and oxygen atoms in total. The second-order valence-electron chi connectivity index (χ2n) is 5.08. The minimum absolute atomic E-state index is 0.00762. The van der Waals surface area contributed by atoms with Crippen LogP contribution in [0, 0.1) is 0 Å². The number of benzene rings is 1. The number of carbonyl (C=O) groups excluding carboxylic acids is 1. The van der Waals surface area contributed by atoms with Crippen LogP contribution >= 0.6 is 0 Å². The van der Waals surface area contributed by atoms with E-state index in [0.29, 0.717) is 19.4 Å². The van der Waals surface area contributed by atoms with Crippen molar-refractivity contribution in [3.8, 4) is 5.75 Å². The van der Waals surface area contributed by atoms with Gasteiger partial charge in [-0.3, -0.25) is 10.1 Å². The topological polar surface area (TPSA) is 70.6 Å². The van der Waals surface area contributed by atoms with Gasteiger partial charge < -0.3 is 15.2 Å². The highest BCUT2D eigenvalue weighted by molar-refractivity contribution is 5.82. The van der Waals surface area contributed by atoms with Gasteiger partial charge in [0.05, 0.1) is 13.2 Å². The number of methoxy groups -OCH3 is 1. The quantitative estimate of drug-likeness (QED) is 0.696. The molecule has 1 aromatic carbocycles. The van der Waals surface area contributed by atoms with Gasteiger partial charge in [0.15, 0.2) is 0 Å². The first-order valence-corrected chi connectivity index (χ1v) is 6.97. The van der Waals surface area contributed by atoms with E-state index in [1.165, 1.54) is 11.1 Å². The first-order valence-electron chi connectivity index (χ1n) is 6.97. The fourth-order valence-electron chi connectivity index (χ4n) is 2.54. The molecule has 0 aliphatic carbocycles. The molecule has 0 radical (unpaired) electrons. The molecule has 0 spiro atoms. The van der Waals surface area contributed by atoms with Gasteiger partial charge >= 0.3 is 0 Å². The molecule has 2 rings (SSSR count). The number of hydrogen-bond acceptors (Lipinski definition) is 4. The predicted molar refractivity (Wildman–Crippen MR) is 76.7 cm³/mol. The summed E-state index contributed by atoms with van der Waals surface area (Å²) in [6, 6.07) is 5.87. The summed E-state index contributed by atoms with van der Waals surface area (Å²) >= 11 is 0. The Balaban J connectivity index is 2.05. The van der Waals surface area contributed by atoms with Gasteiger partial charge in [-0.2, -0.15) is 0 Å². The zero-order valence-corrected chi connectivity index (χ0v) is 12.0. The van der Waals surface area contributed by atoms with E-state index in [1.54, 1.807) is 7.11 Å². The van der Waals surface area contributed by atoms with Crippen molar-refractivity contribution in [3.63, 3.8) is 0 Å². The summed E-state index contributed by atoms with van der Waals surface area (Å²) in [6.07, 6.45) is 1.26. The first-order chi connectivity index (χ1) is 9.65. The van der Waals surface area contributed by atoms with Crippen LogP contribution in [-0.4, -0.2) is 37.3 Å². The van der Waals surface area contributed by atoms with Crippen molar-refractivity contribution in [2.45, 2.75) is 31.8 Å². The summed E-state index contributed by atoms with van der Waals surface area (Å²) in [5, 5.41) is 14.9. The number of carbonyl (C=O) groups is 1. The number of fused-ring (bicyclic) bond motifs is 1. The lowest BCUT2D eigenvalue weighted by molar-refractivity contribution is -0.123. The number of nitrogens with one attached hydrogen (secondary N) is 2. The maximum Gasteiger partial charge on any atom is 0.237 e. The average molecular weight is 278 g/mol. The molecular weight excluding hydrogens is 256 g/mol. The molecule has 2 unspecified atom stereocenters. The van der Waals surface area contributed by atoms with Crippen LogP contribution in [0.5, 0.6) is 5.75 Å². The van der Waals surface area contributed by atoms with E-state index in [2.05, 4.69) is 10.6 Å². The number of ether oxygens (including phenoxy) is 1. The van der Waals surface area contributed by atoms with Gasteiger partial charge in [-0.1, -0.05) is 6.07 Å². The number of rotatable bonds is 5. The molecule has 1 aliphatic rings. The third-order valence-corrected chi connectivity index (χ3v) is 3.65. The molecule has 0 aromatic heterocycles. The Morgan fingerprint density at radius 1 is 1.55 bits per heavy atom. The van der Waals surface area contributed by atoms with E-state index < -0.39 is 0 Å². The lowest BCUT2D eigenvalue weighted by Crippen LogP contribution is -2.49. The highest BCUT2D eigenvalue weighted by Crippen LogP contribution is 2.28. The third kappa shape index (κ3) is 3.29. The maximum absolute atomic E-state index is 12.1. The van der Waals surface area contributed by atoms with Crippen molar-refractivity contribution in [1.82, 2.24) is 10.6 Å². The van der Waals surface area contributed by atoms with Crippen molar-refractivity contribution in [3.05, 3.63) is 29.3 Å². The van der Waals surface area contributed by atoms with Crippen LogP contribution < -0.4 is 15.4 Å². The molecule has 0 saturated carbocycles. The molecule has 1 aromatic rings. The Labute approximate surface area is 119 Å². The van der Waals surface area contributed by atoms with Crippen LogP contribution in [0.3, 0.4) is 0 Å². The molecule has 0 saturated heterocycles. The highest BCUT2D eigenvalue weighted by atomic mass is 16.5. The maximum atomic E-state index is 12.1. The molecule has 1 heterocycles. The molecule has 1 aliphatic heterocycles. The van der Waals surface area contributed by atoms with E-state index in [0.717, 1.165) is 5.75 Å². The van der Waals surface area contributed by atoms with Crippen molar-refractivity contribution in [2.75, 3.05) is 20.3 Å². The fourth-order valence-corrected chi connectivity index (χ4v) is 2.54. The number of aliphatic hydroxyl groups excluding tert-OH is 1. The Kier molecular flexibility index (Phi) is 4.98. The molecule has 2 atom stereocenters. The van der Waals surface area contributed by atoms with Gasteiger partial charge in [0.1, 0.15) is 5.75 Å². The first kappa shape index (κ1) is 14.8. The summed E-state index contributed by atoms with van der Waals surface area (Å²) in [5.74, 6) is 0.829. The Bertz CT molecular complexity index is 476. The minimum Gasteiger partial charge on any atom is -0.497 e. The smallest absolute Gasteiger partial charge is 0.237 e. The van der Waals surface area contributed by atoms with Crippen molar-refractivity contribution in [1.29, 1.82) is 0 Å². The Morgan fingerprint density at radius 2 is 2.35 bits per heavy atom. The van der Waals surface area contributed by atoms with Gasteiger partial charge in [-0.15, -0.1) is 0 Å². The fraction of sp³-hybridized carbons (Fsp3) is 0.533. The van der Waals surface area contributed by atoms with Crippen molar-refractivity contribution in [2.24, 2.45) is 0 Å². The van der Waals surface area contributed by atoms with Crippen LogP contribution in [0.2, 0.25) is 0 Å². The molecule has 3 N–H and O–H groups in total. The van der Waals surface area contributed by atoms with Crippen LogP contribution in [0.15, 0.2) is 18.2 Å². The van der Waals surface area contributed by atoms with Crippen LogP contribution in [0.1, 0.15) is 30.5 Å². The van der Waals surface area contributed by atoms with E-state index in [9.17, 15) is 4.79 Å². The number of amides is 1. The van der Waals surface area contributed by atoms with E-state index in [4.69, 9.17) is 9.84 Å². The van der Waals surface area contributed by atoms with Gasteiger partial charge in [0.2, 0.25) is 5.91 Å². The molecule has 20 heavy (non-hydrogen) atoms. The van der Waals surface area contributed by atoms with Crippen molar-refractivity contribution < 1.29 is 14.6 Å². The van der Waals surface area contributed by atoms with Crippen LogP contribution in [0.4, 0.5) is 0 Å². The second-order valence-corrected chi connectivity index (χ2v) is 5.08. The standard InChI is InChI=1S/C15H22N2O3/c1-10-13-9-12(20-2)5-4-11(13)8-14(17-10)15(19)16-6-3-7-18/h4-5,9-10,14,17-18H,3,6-8H2,1-2H3,(H,16,19). The van der Waals surface area contributed by atoms with E-state index in [1.807, 2.05) is 25.1 Å². The Morgan fingerprint density at radius 3 is 3.05 bits per heavy atom. The molecule has 0 bridgehead atoms. The molecule has 1 amide bonds. The normalized spacial score (nSPS) is 21.1. The lowest BCUT2D eigenvalue weighted by Gasteiger charge is -2.30. The molecule has 5 heteroatoms. The predicted octanol–water partition coefficient (Wildman–Crippen LogP) is 0.769. The summed E-state index contributed by atoms with van der Waals surface area (Å²) in [6.45, 7) is 2.65. The molecule has 110 valence electrons. The minimum atomic E-state index is -0.218. The Hall–Kier alpha value is -1.59. The lowest BCUT2D eigenvalue weighted by atomic mass is 9.90. The van der Waals surface area contributed by atoms with E-state index >= 15 is 0 Å². The van der Waals surface area contributed by atoms with Crippen LogP contribution in [-0.2, 0) is 11.2 Å². The van der Waals surface area contributed by atoms with Gasteiger partial charge in [-0.05, 0) is 43.0 Å². The second kappa shape index (κ2) is 6.72. The summed E-state index contributed by atoms with van der Waals surface area (Å²) in [5.41, 5.74) is 2.36. The molecule has 0 fully saturated rings. The van der Waals surface area contributed by atoms with Gasteiger partial charge in [0.25, 0.3) is 0 Å². The van der Waals surface area contributed by atoms with Crippen LogP contribution in [0.25, 0.3) is 0 Å². The zero-order valence-electron chi connectivity index (χ0n) is 12.0. The van der Waals surface area contributed by atoms with Gasteiger partial charge in [-0.25, -0.2) is 0 Å². The largest absolute Gasteiger partial charge is 0.497 e. The van der Waals surface area contributed by atoms with Gasteiger partial charge in [0, 0.05) is 19.2 Å². The summed E-state index contributed by atoms with van der Waals surface area (Å²) < 4.78 is 5.24.